The van der Waals surface area contributed by atoms with Gasteiger partial charge in [-0.25, -0.2) is 0 Å². The summed E-state index contributed by atoms with van der Waals surface area (Å²) in [5, 5.41) is 4.99. The van der Waals surface area contributed by atoms with Gasteiger partial charge in [0.1, 0.15) is 0 Å². The maximum absolute atomic E-state index is 2.46. The molecule has 2 nitrogen and oxygen atoms in total. The lowest BCUT2D eigenvalue weighted by Crippen LogP contribution is -2.17. The molecule has 2 heteroatoms. The highest BCUT2D eigenvalue weighted by Gasteiger charge is 2.37. The molecule has 300 valence electrons. The highest BCUT2D eigenvalue weighted by molar-refractivity contribution is 6.11. The first-order valence-electron chi connectivity index (χ1n) is 22.2. The summed E-state index contributed by atoms with van der Waals surface area (Å²) in [7, 11) is 0. The number of benzene rings is 9. The van der Waals surface area contributed by atoms with Gasteiger partial charge in [0.25, 0.3) is 0 Å². The standard InChI is InChI=1S/C61H46N2/c1-61(2)56-39-47(62(58-27-15-21-43-20-9-10-24-51(43)58)46-31-28-44(29-32-46)50-23-12-11-22-49(50)42-18-7-4-8-19-42)33-35-52(56)53-36-34-48(40-57(53)61)63-59-26-14-13-25-54(59)55-38-45(30-37-60(55)63)41-16-5-3-6-17-41/h3-10,13-40H,11-12H2,1-2H3. The van der Waals surface area contributed by atoms with Gasteiger partial charge in [-0.15, -0.1) is 0 Å². The maximum atomic E-state index is 2.46. The Labute approximate surface area is 369 Å². The van der Waals surface area contributed by atoms with Gasteiger partial charge in [0.15, 0.2) is 0 Å². The fourth-order valence-electron chi connectivity index (χ4n) is 10.5. The van der Waals surface area contributed by atoms with Crippen LogP contribution in [0.4, 0.5) is 17.1 Å². The van der Waals surface area contributed by atoms with Crippen molar-refractivity contribution in [2.24, 2.45) is 0 Å². The van der Waals surface area contributed by atoms with Crippen molar-refractivity contribution in [2.75, 3.05) is 4.90 Å². The Bertz CT molecular complexity index is 3450. The van der Waals surface area contributed by atoms with E-state index in [2.05, 4.69) is 242 Å². The van der Waals surface area contributed by atoms with E-state index in [0.29, 0.717) is 0 Å². The van der Waals surface area contributed by atoms with Crippen molar-refractivity contribution in [3.05, 3.63) is 241 Å². The molecule has 0 amide bonds. The van der Waals surface area contributed by atoms with E-state index >= 15 is 0 Å². The predicted octanol–water partition coefficient (Wildman–Crippen LogP) is 16.6. The molecule has 0 bridgehead atoms. The number of para-hydroxylation sites is 1. The van der Waals surface area contributed by atoms with Gasteiger partial charge in [0.2, 0.25) is 0 Å². The van der Waals surface area contributed by atoms with Crippen LogP contribution in [0.15, 0.2) is 218 Å². The third kappa shape index (κ3) is 6.09. The van der Waals surface area contributed by atoms with Crippen LogP contribution in [0.3, 0.4) is 0 Å². The molecule has 9 aromatic carbocycles. The minimum absolute atomic E-state index is 0.238. The molecular formula is C61H46N2. The molecule has 0 radical (unpaired) electrons. The van der Waals surface area contributed by atoms with Crippen LogP contribution in [0, 0.1) is 0 Å². The van der Waals surface area contributed by atoms with Crippen LogP contribution in [-0.4, -0.2) is 4.57 Å². The Morgan fingerprint density at radius 1 is 0.413 bits per heavy atom. The van der Waals surface area contributed by atoms with Gasteiger partial charge in [-0.3, -0.25) is 0 Å². The zero-order valence-electron chi connectivity index (χ0n) is 35.6. The molecule has 12 rings (SSSR count). The summed E-state index contributed by atoms with van der Waals surface area (Å²) in [5.74, 6) is 0. The summed E-state index contributed by atoms with van der Waals surface area (Å²) >= 11 is 0. The van der Waals surface area contributed by atoms with Gasteiger partial charge in [-0.05, 0) is 135 Å². The third-order valence-electron chi connectivity index (χ3n) is 13.6. The predicted molar refractivity (Wildman–Crippen MR) is 268 cm³/mol. The van der Waals surface area contributed by atoms with Gasteiger partial charge in [0, 0.05) is 38.6 Å². The minimum Gasteiger partial charge on any atom is -0.310 e. The number of hydrogen-bond donors (Lipinski definition) is 0. The molecule has 0 spiro atoms. The van der Waals surface area contributed by atoms with E-state index in [1.165, 1.54) is 99.6 Å². The summed E-state index contributed by atoms with van der Waals surface area (Å²) < 4.78 is 2.46. The molecule has 0 saturated carbocycles. The maximum Gasteiger partial charge on any atom is 0.0541 e. The van der Waals surface area contributed by atoms with E-state index in [1.54, 1.807) is 0 Å². The molecule has 10 aromatic rings. The van der Waals surface area contributed by atoms with E-state index in [1.807, 2.05) is 0 Å². The average molecular weight is 807 g/mol. The minimum atomic E-state index is -0.238. The van der Waals surface area contributed by atoms with E-state index in [-0.39, 0.29) is 5.41 Å². The zero-order valence-corrected chi connectivity index (χ0v) is 35.6. The largest absolute Gasteiger partial charge is 0.310 e. The smallest absolute Gasteiger partial charge is 0.0541 e. The lowest BCUT2D eigenvalue weighted by atomic mass is 9.82. The Morgan fingerprint density at radius 2 is 0.984 bits per heavy atom. The quantitative estimate of drug-likeness (QED) is 0.156. The molecule has 0 saturated heterocycles. The van der Waals surface area contributed by atoms with Crippen molar-refractivity contribution in [3.63, 3.8) is 0 Å². The second kappa shape index (κ2) is 14.8. The van der Waals surface area contributed by atoms with Crippen LogP contribution in [0.5, 0.6) is 0 Å². The lowest BCUT2D eigenvalue weighted by molar-refractivity contribution is 0.660. The zero-order chi connectivity index (χ0) is 42.1. The number of nitrogens with zero attached hydrogens (tertiary/aromatic N) is 2. The van der Waals surface area contributed by atoms with E-state index in [0.717, 1.165) is 24.2 Å². The fraction of sp³-hybridized carbons (Fsp3) is 0.0820. The first-order valence-corrected chi connectivity index (χ1v) is 22.2. The topological polar surface area (TPSA) is 8.17 Å². The summed E-state index contributed by atoms with van der Waals surface area (Å²) in [6, 6.07) is 76.2. The van der Waals surface area contributed by atoms with Crippen molar-refractivity contribution in [1.29, 1.82) is 0 Å². The molecule has 63 heavy (non-hydrogen) atoms. The number of aromatic nitrogens is 1. The SMILES string of the molecule is CC1(C)c2cc(N(c3ccc(C4=CCCC=C4c4ccccc4)cc3)c3cccc4ccccc34)ccc2-c2ccc(-n3c4ccccc4c4cc(-c5ccccc5)ccc43)cc21. The molecule has 0 N–H and O–H groups in total. The van der Waals surface area contributed by atoms with Crippen LogP contribution >= 0.6 is 0 Å². The molecule has 2 aliphatic carbocycles. The molecule has 0 fully saturated rings. The highest BCUT2D eigenvalue weighted by Crippen LogP contribution is 2.52. The van der Waals surface area contributed by atoms with Gasteiger partial charge in [-0.1, -0.05) is 172 Å². The summed E-state index contributed by atoms with van der Waals surface area (Å²) in [6.07, 6.45) is 6.93. The lowest BCUT2D eigenvalue weighted by Gasteiger charge is -2.29. The Balaban J connectivity index is 0.957. The monoisotopic (exact) mass is 806 g/mol. The van der Waals surface area contributed by atoms with E-state index < -0.39 is 0 Å². The second-order valence-electron chi connectivity index (χ2n) is 17.6. The first kappa shape index (κ1) is 37.1. The molecule has 0 unspecified atom stereocenters. The normalized spacial score (nSPS) is 14.1. The number of anilines is 3. The van der Waals surface area contributed by atoms with Gasteiger partial charge in [0.05, 0.1) is 16.7 Å². The third-order valence-corrected chi connectivity index (χ3v) is 13.6. The summed E-state index contributed by atoms with van der Waals surface area (Å²) in [5.41, 5.74) is 19.7. The van der Waals surface area contributed by atoms with Crippen LogP contribution in [-0.2, 0) is 5.41 Å². The number of rotatable bonds is 7. The fourth-order valence-corrected chi connectivity index (χ4v) is 10.5. The van der Waals surface area contributed by atoms with Crippen molar-refractivity contribution < 1.29 is 0 Å². The van der Waals surface area contributed by atoms with Gasteiger partial charge < -0.3 is 9.47 Å². The van der Waals surface area contributed by atoms with Crippen LogP contribution in [0.25, 0.3) is 71.7 Å². The molecule has 0 aliphatic heterocycles. The molecular weight excluding hydrogens is 761 g/mol. The summed E-state index contributed by atoms with van der Waals surface area (Å²) in [4.78, 5) is 2.46. The Morgan fingerprint density at radius 3 is 1.75 bits per heavy atom. The van der Waals surface area contributed by atoms with Crippen molar-refractivity contribution in [3.8, 4) is 27.9 Å². The van der Waals surface area contributed by atoms with E-state index in [4.69, 9.17) is 0 Å². The van der Waals surface area contributed by atoms with Crippen molar-refractivity contribution in [1.82, 2.24) is 4.57 Å². The first-order chi connectivity index (χ1) is 31.0. The Kier molecular flexibility index (Phi) is 8.69. The van der Waals surface area contributed by atoms with Crippen molar-refractivity contribution in [2.45, 2.75) is 32.1 Å². The molecule has 2 aliphatic rings. The average Bonchev–Trinajstić information content (AvgIpc) is 3.79. The van der Waals surface area contributed by atoms with Crippen molar-refractivity contribution >= 4 is 60.8 Å². The number of fused-ring (bicyclic) bond motifs is 7. The van der Waals surface area contributed by atoms with E-state index in [9.17, 15) is 0 Å². The number of hydrogen-bond acceptors (Lipinski definition) is 1. The second-order valence-corrected chi connectivity index (χ2v) is 17.6. The molecule has 0 atom stereocenters. The van der Waals surface area contributed by atoms with Crippen LogP contribution in [0.2, 0.25) is 0 Å². The van der Waals surface area contributed by atoms with Crippen LogP contribution in [0.1, 0.15) is 48.9 Å². The highest BCUT2D eigenvalue weighted by atomic mass is 15.1. The molecule has 1 heterocycles. The van der Waals surface area contributed by atoms with Crippen LogP contribution < -0.4 is 4.90 Å². The van der Waals surface area contributed by atoms with Gasteiger partial charge in [-0.2, -0.15) is 0 Å². The Hall–Kier alpha value is -7.68. The van der Waals surface area contributed by atoms with Gasteiger partial charge >= 0.3 is 0 Å². The summed E-state index contributed by atoms with van der Waals surface area (Å²) in [6.45, 7) is 4.80. The molecule has 1 aromatic heterocycles. The number of allylic oxidation sites excluding steroid dienone is 4.